The van der Waals surface area contributed by atoms with Crippen molar-refractivity contribution in [1.29, 1.82) is 0 Å². The molecule has 0 aliphatic rings. The van der Waals surface area contributed by atoms with E-state index in [9.17, 15) is 4.79 Å². The minimum Gasteiger partial charge on any atom is -0.481 e. The molecular formula is C13H16N2O2S2. The van der Waals surface area contributed by atoms with E-state index in [4.69, 9.17) is 5.11 Å². The number of fused-ring (bicyclic) bond motifs is 1. The van der Waals surface area contributed by atoms with Gasteiger partial charge in [0, 0.05) is 32.0 Å². The number of thiazole rings is 1. The molecule has 1 aromatic carbocycles. The van der Waals surface area contributed by atoms with Crippen molar-refractivity contribution in [2.24, 2.45) is 0 Å². The van der Waals surface area contributed by atoms with Crippen molar-refractivity contribution < 1.29 is 9.90 Å². The van der Waals surface area contributed by atoms with Crippen LogP contribution in [0.3, 0.4) is 0 Å². The molecule has 19 heavy (non-hydrogen) atoms. The topological polar surface area (TPSA) is 53.4 Å². The normalized spacial score (nSPS) is 10.8. The molecule has 0 fully saturated rings. The summed E-state index contributed by atoms with van der Waals surface area (Å²) in [7, 11) is 4.04. The first-order valence-electron chi connectivity index (χ1n) is 5.99. The van der Waals surface area contributed by atoms with Gasteiger partial charge in [-0.3, -0.25) is 4.79 Å². The van der Waals surface area contributed by atoms with Crippen molar-refractivity contribution in [2.75, 3.05) is 24.7 Å². The van der Waals surface area contributed by atoms with Crippen LogP contribution in [0.5, 0.6) is 0 Å². The van der Waals surface area contributed by atoms with Crippen LogP contribution in [0, 0.1) is 0 Å². The van der Waals surface area contributed by atoms with E-state index < -0.39 is 5.97 Å². The van der Waals surface area contributed by atoms with Gasteiger partial charge in [-0.1, -0.05) is 11.8 Å². The maximum atomic E-state index is 10.4. The Labute approximate surface area is 120 Å². The van der Waals surface area contributed by atoms with Gasteiger partial charge in [-0.05, 0) is 24.6 Å². The molecule has 2 aromatic rings. The molecule has 102 valence electrons. The Hall–Kier alpha value is -1.27. The Balaban J connectivity index is 2.02. The maximum Gasteiger partial charge on any atom is 0.303 e. The quantitative estimate of drug-likeness (QED) is 0.654. The number of carboxylic acid groups (broad SMARTS) is 1. The summed E-state index contributed by atoms with van der Waals surface area (Å²) >= 11 is 3.30. The second-order valence-corrected chi connectivity index (χ2v) is 6.74. The van der Waals surface area contributed by atoms with Gasteiger partial charge >= 0.3 is 5.97 Å². The molecular weight excluding hydrogens is 280 g/mol. The smallest absolute Gasteiger partial charge is 0.303 e. The summed E-state index contributed by atoms with van der Waals surface area (Å²) in [4.78, 5) is 17.0. The minimum absolute atomic E-state index is 0.225. The van der Waals surface area contributed by atoms with Crippen LogP contribution in [0.15, 0.2) is 22.5 Å². The number of aromatic nitrogens is 1. The summed E-state index contributed by atoms with van der Waals surface area (Å²) in [5.74, 6) is 0.0626. The van der Waals surface area contributed by atoms with Gasteiger partial charge in [0.2, 0.25) is 0 Å². The Morgan fingerprint density at radius 3 is 2.95 bits per heavy atom. The average Bonchev–Trinajstić information content (AvgIpc) is 2.75. The first-order chi connectivity index (χ1) is 9.06. The highest BCUT2D eigenvalue weighted by Crippen LogP contribution is 2.32. The van der Waals surface area contributed by atoms with Gasteiger partial charge in [-0.25, -0.2) is 4.98 Å². The van der Waals surface area contributed by atoms with Gasteiger partial charge in [0.1, 0.15) is 0 Å². The summed E-state index contributed by atoms with van der Waals surface area (Å²) in [5.41, 5.74) is 2.18. The van der Waals surface area contributed by atoms with E-state index in [2.05, 4.69) is 22.0 Å². The molecule has 0 radical (unpaired) electrons. The zero-order chi connectivity index (χ0) is 13.8. The molecule has 0 saturated heterocycles. The predicted octanol–water partition coefficient (Wildman–Crippen LogP) is 3.32. The van der Waals surface area contributed by atoms with Crippen molar-refractivity contribution in [3.05, 3.63) is 18.2 Å². The number of hydrogen-bond donors (Lipinski definition) is 1. The van der Waals surface area contributed by atoms with E-state index in [0.29, 0.717) is 6.42 Å². The molecule has 1 N–H and O–H groups in total. The van der Waals surface area contributed by atoms with Crippen LogP contribution in [-0.2, 0) is 4.79 Å². The number of anilines is 1. The summed E-state index contributed by atoms with van der Waals surface area (Å²) in [5, 5.41) is 8.58. The fourth-order valence-corrected chi connectivity index (χ4v) is 3.73. The number of carboxylic acids is 1. The molecule has 6 heteroatoms. The molecule has 0 amide bonds. The molecule has 0 aliphatic carbocycles. The van der Waals surface area contributed by atoms with Crippen LogP contribution >= 0.6 is 23.1 Å². The van der Waals surface area contributed by atoms with Gasteiger partial charge in [0.05, 0.1) is 10.2 Å². The Morgan fingerprint density at radius 2 is 2.26 bits per heavy atom. The fourth-order valence-electron chi connectivity index (χ4n) is 1.61. The minimum atomic E-state index is -0.736. The third kappa shape index (κ3) is 3.84. The summed E-state index contributed by atoms with van der Waals surface area (Å²) in [6, 6.07) is 6.22. The Morgan fingerprint density at radius 1 is 1.47 bits per heavy atom. The third-order valence-electron chi connectivity index (χ3n) is 2.63. The van der Waals surface area contributed by atoms with Gasteiger partial charge in [-0.15, -0.1) is 11.3 Å². The second kappa shape index (κ2) is 6.25. The van der Waals surface area contributed by atoms with Crippen molar-refractivity contribution >= 4 is 45.0 Å². The highest BCUT2D eigenvalue weighted by Gasteiger charge is 2.06. The van der Waals surface area contributed by atoms with E-state index >= 15 is 0 Å². The largest absolute Gasteiger partial charge is 0.481 e. The van der Waals surface area contributed by atoms with E-state index in [1.54, 1.807) is 23.1 Å². The Kier molecular flexibility index (Phi) is 4.66. The number of thioether (sulfide) groups is 1. The van der Waals surface area contributed by atoms with E-state index in [1.807, 2.05) is 20.2 Å². The molecule has 2 rings (SSSR count). The highest BCUT2D eigenvalue weighted by atomic mass is 32.2. The molecule has 0 saturated carbocycles. The lowest BCUT2D eigenvalue weighted by Gasteiger charge is -2.11. The van der Waals surface area contributed by atoms with Crippen LogP contribution in [0.25, 0.3) is 10.2 Å². The number of rotatable bonds is 6. The average molecular weight is 296 g/mol. The monoisotopic (exact) mass is 296 g/mol. The lowest BCUT2D eigenvalue weighted by atomic mass is 10.3. The van der Waals surface area contributed by atoms with Gasteiger partial charge in [0.25, 0.3) is 0 Å². The van der Waals surface area contributed by atoms with Gasteiger partial charge < -0.3 is 10.0 Å². The predicted molar refractivity (Wildman–Crippen MR) is 81.5 cm³/mol. The number of benzene rings is 1. The van der Waals surface area contributed by atoms with Crippen LogP contribution in [0.1, 0.15) is 12.8 Å². The Bertz CT molecular complexity index is 581. The van der Waals surface area contributed by atoms with E-state index in [-0.39, 0.29) is 6.42 Å². The number of hydrogen-bond acceptors (Lipinski definition) is 5. The zero-order valence-corrected chi connectivity index (χ0v) is 12.6. The lowest BCUT2D eigenvalue weighted by Crippen LogP contribution is -2.07. The molecule has 1 heterocycles. The lowest BCUT2D eigenvalue weighted by molar-refractivity contribution is -0.137. The van der Waals surface area contributed by atoms with Gasteiger partial charge in [-0.2, -0.15) is 0 Å². The SMILES string of the molecule is CN(C)c1ccc2nc(SCCCC(=O)O)sc2c1. The standard InChI is InChI=1S/C13H16N2O2S2/c1-15(2)9-5-6-10-11(8-9)19-13(14-10)18-7-3-4-12(16)17/h5-6,8H,3-4,7H2,1-2H3,(H,16,17). The first-order valence-corrected chi connectivity index (χ1v) is 7.79. The third-order valence-corrected chi connectivity index (χ3v) is 4.88. The highest BCUT2D eigenvalue weighted by molar-refractivity contribution is 8.01. The zero-order valence-electron chi connectivity index (χ0n) is 10.9. The molecule has 0 bridgehead atoms. The summed E-state index contributed by atoms with van der Waals surface area (Å²) < 4.78 is 2.18. The van der Waals surface area contributed by atoms with E-state index in [1.165, 1.54) is 10.4 Å². The van der Waals surface area contributed by atoms with Crippen LogP contribution in [-0.4, -0.2) is 35.9 Å². The van der Waals surface area contributed by atoms with Crippen molar-refractivity contribution in [2.45, 2.75) is 17.2 Å². The van der Waals surface area contributed by atoms with Crippen molar-refractivity contribution in [3.63, 3.8) is 0 Å². The molecule has 1 aromatic heterocycles. The van der Waals surface area contributed by atoms with Crippen molar-refractivity contribution in [1.82, 2.24) is 4.98 Å². The van der Waals surface area contributed by atoms with Crippen LogP contribution < -0.4 is 4.90 Å². The van der Waals surface area contributed by atoms with Crippen molar-refractivity contribution in [3.8, 4) is 0 Å². The summed E-state index contributed by atoms with van der Waals surface area (Å²) in [6.45, 7) is 0. The molecule has 0 spiro atoms. The number of nitrogens with zero attached hydrogens (tertiary/aromatic N) is 2. The fraction of sp³-hybridized carbons (Fsp3) is 0.385. The number of aliphatic carboxylic acids is 1. The molecule has 0 atom stereocenters. The van der Waals surface area contributed by atoms with Gasteiger partial charge in [0.15, 0.2) is 4.34 Å². The second-order valence-electron chi connectivity index (χ2n) is 4.37. The molecule has 0 unspecified atom stereocenters. The molecule has 4 nitrogen and oxygen atoms in total. The summed E-state index contributed by atoms with van der Waals surface area (Å²) in [6.07, 6.45) is 0.904. The van der Waals surface area contributed by atoms with Crippen LogP contribution in [0.2, 0.25) is 0 Å². The van der Waals surface area contributed by atoms with E-state index in [0.717, 1.165) is 15.6 Å². The van der Waals surface area contributed by atoms with Crippen LogP contribution in [0.4, 0.5) is 5.69 Å². The maximum absolute atomic E-state index is 10.4. The first kappa shape index (κ1) is 14.1. The molecule has 0 aliphatic heterocycles. The number of carbonyl (C=O) groups is 1.